The van der Waals surface area contributed by atoms with Gasteiger partial charge in [-0.3, -0.25) is 4.79 Å². The smallest absolute Gasteiger partial charge is 0.349 e. The molecule has 2 N–H and O–H groups in total. The maximum Gasteiger partial charge on any atom is 0.416 e. The van der Waals surface area contributed by atoms with Crippen molar-refractivity contribution in [2.75, 3.05) is 19.6 Å². The number of hydrogen-bond donors (Lipinski definition) is 2. The maximum absolute atomic E-state index is 13.6. The monoisotopic (exact) mass is 617 g/mol. The minimum atomic E-state index is -4.73. The van der Waals surface area contributed by atoms with Crippen LogP contribution in [0.2, 0.25) is 0 Å². The molecule has 11 heteroatoms. The van der Waals surface area contributed by atoms with Gasteiger partial charge in [0.05, 0.1) is 22.5 Å². The first-order valence-corrected chi connectivity index (χ1v) is 16.0. The van der Waals surface area contributed by atoms with E-state index in [2.05, 4.69) is 33.1 Å². The molecule has 1 heterocycles. The van der Waals surface area contributed by atoms with Crippen molar-refractivity contribution in [3.05, 3.63) is 100 Å². The van der Waals surface area contributed by atoms with Gasteiger partial charge in [0.25, 0.3) is 0 Å². The Morgan fingerprint density at radius 2 is 1.72 bits per heavy atom. The number of halogens is 4. The summed E-state index contributed by atoms with van der Waals surface area (Å²) in [6.07, 6.45) is 0.931. The van der Waals surface area contributed by atoms with E-state index >= 15 is 0 Å². The number of carbonyl (C=O) groups excluding carboxylic acids is 1. The number of sulfonamides is 1. The van der Waals surface area contributed by atoms with Crippen LogP contribution in [-0.4, -0.2) is 38.9 Å². The second-order valence-electron chi connectivity index (χ2n) is 11.3. The third-order valence-electron chi connectivity index (χ3n) is 8.20. The molecule has 1 aliphatic heterocycles. The van der Waals surface area contributed by atoms with Crippen molar-refractivity contribution in [1.29, 1.82) is 0 Å². The van der Waals surface area contributed by atoms with Gasteiger partial charge in [-0.25, -0.2) is 17.5 Å². The zero-order chi connectivity index (χ0) is 30.6. The van der Waals surface area contributed by atoms with Crippen LogP contribution in [0.25, 0.3) is 0 Å². The van der Waals surface area contributed by atoms with E-state index in [0.717, 1.165) is 81.2 Å². The minimum Gasteiger partial charge on any atom is -0.349 e. The van der Waals surface area contributed by atoms with Gasteiger partial charge in [0, 0.05) is 13.0 Å². The zero-order valence-corrected chi connectivity index (χ0v) is 24.5. The molecule has 1 saturated heterocycles. The molecule has 0 bridgehead atoms. The third kappa shape index (κ3) is 8.01. The predicted octanol–water partition coefficient (Wildman–Crippen LogP) is 6.09. The molecule has 0 spiro atoms. The topological polar surface area (TPSA) is 78.5 Å². The Morgan fingerprint density at radius 3 is 2.44 bits per heavy atom. The summed E-state index contributed by atoms with van der Waals surface area (Å²) in [4.78, 5) is 15.2. The fourth-order valence-electron chi connectivity index (χ4n) is 5.92. The van der Waals surface area contributed by atoms with Gasteiger partial charge in [-0.15, -0.1) is 0 Å². The molecule has 1 amide bonds. The normalized spacial score (nSPS) is 18.3. The summed E-state index contributed by atoms with van der Waals surface area (Å²) in [5.74, 6) is -0.983. The highest BCUT2D eigenvalue weighted by Gasteiger charge is 2.33. The van der Waals surface area contributed by atoms with Crippen molar-refractivity contribution in [3.63, 3.8) is 0 Å². The van der Waals surface area contributed by atoms with E-state index < -0.39 is 44.4 Å². The van der Waals surface area contributed by atoms with Gasteiger partial charge in [-0.1, -0.05) is 36.4 Å². The lowest BCUT2D eigenvalue weighted by atomic mass is 9.86. The largest absolute Gasteiger partial charge is 0.416 e. The van der Waals surface area contributed by atoms with E-state index in [-0.39, 0.29) is 12.5 Å². The second-order valence-corrected chi connectivity index (χ2v) is 13.0. The highest BCUT2D eigenvalue weighted by molar-refractivity contribution is 7.89. The zero-order valence-electron chi connectivity index (χ0n) is 23.7. The Hall–Kier alpha value is -3.28. The van der Waals surface area contributed by atoms with Gasteiger partial charge in [-0.05, 0) is 104 Å². The molecule has 0 unspecified atom stereocenters. The first-order valence-electron chi connectivity index (χ1n) is 14.6. The molecule has 3 aromatic carbocycles. The highest BCUT2D eigenvalue weighted by atomic mass is 32.2. The van der Waals surface area contributed by atoms with Gasteiger partial charge in [0.15, 0.2) is 0 Å². The Kier molecular flexibility index (Phi) is 9.53. The summed E-state index contributed by atoms with van der Waals surface area (Å²) in [6.45, 7) is 3.32. The van der Waals surface area contributed by atoms with E-state index in [1.54, 1.807) is 0 Å². The van der Waals surface area contributed by atoms with Crippen LogP contribution in [-0.2, 0) is 33.8 Å². The predicted molar refractivity (Wildman–Crippen MR) is 155 cm³/mol. The molecule has 3 aromatic rings. The number of fused-ring (bicyclic) bond motifs is 1. The number of rotatable bonds is 10. The summed E-state index contributed by atoms with van der Waals surface area (Å²) in [6, 6.07) is 13.3. The lowest BCUT2D eigenvalue weighted by molar-refractivity contribution is -0.137. The second kappa shape index (κ2) is 13.2. The number of alkyl halides is 3. The molecule has 5 rings (SSSR count). The lowest BCUT2D eigenvalue weighted by Crippen LogP contribution is -2.36. The molecule has 230 valence electrons. The third-order valence-corrected chi connectivity index (χ3v) is 9.67. The fourth-order valence-corrected chi connectivity index (χ4v) is 7.19. The standard InChI is InChI=1S/C32H35F4N3O3S/c33-26-12-10-23(11-13-26)30(38-43(41,42)27-7-4-6-25(20-27)32(34,35)36)21-31(40)37-29-8-3-5-24-19-22(9-14-28(24)29)15-18-39-16-1-2-17-39/h4,6-7,9-14,19-20,29-30,38H,1-3,5,8,15-18,21H2,(H,37,40)/t29-,30-/m1/s1. The van der Waals surface area contributed by atoms with Crippen molar-refractivity contribution in [2.24, 2.45) is 0 Å². The van der Waals surface area contributed by atoms with Crippen LogP contribution in [0, 0.1) is 5.82 Å². The van der Waals surface area contributed by atoms with Crippen LogP contribution in [0.5, 0.6) is 0 Å². The van der Waals surface area contributed by atoms with Crippen LogP contribution >= 0.6 is 0 Å². The molecule has 1 fully saturated rings. The summed E-state index contributed by atoms with van der Waals surface area (Å²) < 4.78 is 82.1. The van der Waals surface area contributed by atoms with Gasteiger partial charge in [0.1, 0.15) is 5.82 Å². The highest BCUT2D eigenvalue weighted by Crippen LogP contribution is 2.33. The SMILES string of the molecule is O=C(C[C@@H](NS(=O)(=O)c1cccc(C(F)(F)F)c1)c1ccc(F)cc1)N[C@@H]1CCCc2cc(CCN3CCCC3)ccc21. The molecule has 0 saturated carbocycles. The molecule has 0 aromatic heterocycles. The minimum absolute atomic E-state index is 0.252. The van der Waals surface area contributed by atoms with Crippen LogP contribution in [0.15, 0.2) is 71.6 Å². The van der Waals surface area contributed by atoms with Crippen molar-refractivity contribution in [1.82, 2.24) is 14.9 Å². The van der Waals surface area contributed by atoms with Crippen molar-refractivity contribution in [2.45, 2.75) is 68.1 Å². The van der Waals surface area contributed by atoms with E-state index in [1.165, 1.54) is 36.1 Å². The molecule has 6 nitrogen and oxygen atoms in total. The van der Waals surface area contributed by atoms with Crippen LogP contribution in [0.3, 0.4) is 0 Å². The molecular weight excluding hydrogens is 582 g/mol. The Bertz CT molecular complexity index is 1540. The number of hydrogen-bond acceptors (Lipinski definition) is 4. The maximum atomic E-state index is 13.6. The van der Waals surface area contributed by atoms with Gasteiger partial charge >= 0.3 is 6.18 Å². The van der Waals surface area contributed by atoms with Gasteiger partial charge in [0.2, 0.25) is 15.9 Å². The Balaban J connectivity index is 1.30. The van der Waals surface area contributed by atoms with Gasteiger partial charge in [-0.2, -0.15) is 13.2 Å². The van der Waals surface area contributed by atoms with E-state index in [0.29, 0.717) is 11.6 Å². The van der Waals surface area contributed by atoms with Crippen LogP contribution in [0.1, 0.15) is 72.0 Å². The summed E-state index contributed by atoms with van der Waals surface area (Å²) in [5, 5.41) is 3.03. The quantitative estimate of drug-likeness (QED) is 0.270. The van der Waals surface area contributed by atoms with E-state index in [1.807, 2.05) is 0 Å². The molecule has 1 aliphatic carbocycles. The summed E-state index contributed by atoms with van der Waals surface area (Å²) in [7, 11) is -4.47. The number of nitrogens with zero attached hydrogens (tertiary/aromatic N) is 1. The molecule has 0 radical (unpaired) electrons. The van der Waals surface area contributed by atoms with Crippen molar-refractivity contribution < 1.29 is 30.8 Å². The first kappa shape index (κ1) is 31.2. The van der Waals surface area contributed by atoms with Crippen LogP contribution in [0.4, 0.5) is 17.6 Å². The average molecular weight is 618 g/mol. The fraction of sp³-hybridized carbons (Fsp3) is 0.406. The van der Waals surface area contributed by atoms with Crippen molar-refractivity contribution in [3.8, 4) is 0 Å². The van der Waals surface area contributed by atoms with E-state index in [4.69, 9.17) is 0 Å². The number of nitrogens with one attached hydrogen (secondary N) is 2. The number of amides is 1. The Morgan fingerprint density at radius 1 is 0.977 bits per heavy atom. The molecule has 2 aliphatic rings. The Labute approximate surface area is 249 Å². The summed E-state index contributed by atoms with van der Waals surface area (Å²) in [5.41, 5.74) is 2.68. The molecule has 43 heavy (non-hydrogen) atoms. The molecular formula is C32H35F4N3O3S. The van der Waals surface area contributed by atoms with Gasteiger partial charge < -0.3 is 10.2 Å². The van der Waals surface area contributed by atoms with Crippen molar-refractivity contribution >= 4 is 15.9 Å². The number of benzene rings is 3. The number of likely N-dealkylation sites (tertiary alicyclic amines) is 1. The molecule has 2 atom stereocenters. The van der Waals surface area contributed by atoms with Crippen LogP contribution < -0.4 is 10.0 Å². The first-order chi connectivity index (χ1) is 20.5. The lowest BCUT2D eigenvalue weighted by Gasteiger charge is -2.28. The average Bonchev–Trinajstić information content (AvgIpc) is 3.50. The number of aryl methyl sites for hydroxylation is 1. The summed E-state index contributed by atoms with van der Waals surface area (Å²) >= 11 is 0. The number of carbonyl (C=O) groups is 1. The van der Waals surface area contributed by atoms with E-state index in [9.17, 15) is 30.8 Å².